The van der Waals surface area contributed by atoms with E-state index in [0.29, 0.717) is 28.1 Å². The van der Waals surface area contributed by atoms with Crippen LogP contribution in [-0.2, 0) is 11.9 Å². The Morgan fingerprint density at radius 3 is 2.58 bits per heavy atom. The predicted molar refractivity (Wildman–Crippen MR) is 87.3 cm³/mol. The van der Waals surface area contributed by atoms with Crippen LogP contribution in [0.5, 0.6) is 0 Å². The lowest BCUT2D eigenvalue weighted by Gasteiger charge is -2.06. The summed E-state index contributed by atoms with van der Waals surface area (Å²) in [6, 6.07) is 8.57. The smallest absolute Gasteiger partial charge is 0.411 e. The van der Waals surface area contributed by atoms with Crippen LogP contribution in [0.2, 0.25) is 0 Å². The van der Waals surface area contributed by atoms with Gasteiger partial charge >= 0.3 is 6.18 Å². The number of rotatable bonds is 4. The monoisotopic (exact) mass is 377 g/mol. The maximum atomic E-state index is 12.6. The molecule has 0 amide bonds. The lowest BCUT2D eigenvalue weighted by Crippen LogP contribution is -2.04. The van der Waals surface area contributed by atoms with Crippen molar-refractivity contribution in [2.24, 2.45) is 0 Å². The van der Waals surface area contributed by atoms with Crippen molar-refractivity contribution in [3.8, 4) is 11.5 Å². The fraction of sp³-hybridized carbons (Fsp3) is 0.125. The third-order valence-electron chi connectivity index (χ3n) is 3.59. The van der Waals surface area contributed by atoms with Gasteiger partial charge in [0.2, 0.25) is 5.89 Å². The molecule has 0 radical (unpaired) electrons. The Morgan fingerprint density at radius 1 is 1.00 bits per heavy atom. The molecule has 10 heteroatoms. The number of alkyl halides is 3. The summed E-state index contributed by atoms with van der Waals surface area (Å²) in [5.74, 6) is 0.764. The summed E-state index contributed by atoms with van der Waals surface area (Å²) in [5.41, 5.74) is 1.47. The molecule has 0 fully saturated rings. The zero-order valence-corrected chi connectivity index (χ0v) is 13.8. The fourth-order valence-electron chi connectivity index (χ4n) is 2.27. The highest BCUT2D eigenvalue weighted by molar-refractivity contribution is 7.98. The molecule has 6 nitrogen and oxygen atoms in total. The highest BCUT2D eigenvalue weighted by atomic mass is 32.2. The molecular weight excluding hydrogens is 367 g/mol. The molecule has 0 aliphatic rings. The molecule has 0 saturated carbocycles. The first kappa shape index (κ1) is 16.6. The van der Waals surface area contributed by atoms with E-state index < -0.39 is 11.7 Å². The van der Waals surface area contributed by atoms with Crippen molar-refractivity contribution >= 4 is 17.4 Å². The number of thioether (sulfide) groups is 1. The molecule has 3 heterocycles. The van der Waals surface area contributed by atoms with E-state index in [4.69, 9.17) is 4.42 Å². The quantitative estimate of drug-likeness (QED) is 0.499. The fourth-order valence-corrected chi connectivity index (χ4v) is 2.99. The molecule has 0 atom stereocenters. The van der Waals surface area contributed by atoms with Crippen molar-refractivity contribution < 1.29 is 17.6 Å². The van der Waals surface area contributed by atoms with E-state index in [1.807, 2.05) is 0 Å². The summed E-state index contributed by atoms with van der Waals surface area (Å²) >= 11 is 1.25. The SMILES string of the molecule is FC(F)(F)c1ccc(CSc2nnc(-c3ccc4nncn4c3)o2)cc1. The third-order valence-corrected chi connectivity index (χ3v) is 4.48. The molecular formula is C16H10F3N5OS. The molecule has 26 heavy (non-hydrogen) atoms. The molecule has 0 unspecified atom stereocenters. The van der Waals surface area contributed by atoms with Crippen LogP contribution in [-0.4, -0.2) is 24.8 Å². The zero-order valence-electron chi connectivity index (χ0n) is 13.0. The van der Waals surface area contributed by atoms with Crippen molar-refractivity contribution in [2.75, 3.05) is 0 Å². The van der Waals surface area contributed by atoms with Gasteiger partial charge in [0.25, 0.3) is 5.22 Å². The lowest BCUT2D eigenvalue weighted by atomic mass is 10.1. The van der Waals surface area contributed by atoms with Gasteiger partial charge in [0.1, 0.15) is 6.33 Å². The maximum Gasteiger partial charge on any atom is 0.416 e. The summed E-state index contributed by atoms with van der Waals surface area (Å²) < 4.78 is 45.0. The van der Waals surface area contributed by atoms with E-state index in [0.717, 1.165) is 17.7 Å². The predicted octanol–water partition coefficient (Wildman–Crippen LogP) is 4.09. The average Bonchev–Trinajstić information content (AvgIpc) is 3.28. The largest absolute Gasteiger partial charge is 0.416 e. The topological polar surface area (TPSA) is 69.1 Å². The summed E-state index contributed by atoms with van der Waals surface area (Å²) in [7, 11) is 0. The molecule has 0 bridgehead atoms. The molecule has 0 saturated heterocycles. The number of hydrogen-bond acceptors (Lipinski definition) is 6. The van der Waals surface area contributed by atoms with E-state index in [-0.39, 0.29) is 0 Å². The van der Waals surface area contributed by atoms with E-state index in [9.17, 15) is 13.2 Å². The number of fused-ring (bicyclic) bond motifs is 1. The molecule has 0 aliphatic heterocycles. The number of halogens is 3. The van der Waals surface area contributed by atoms with Crippen LogP contribution in [0.1, 0.15) is 11.1 Å². The van der Waals surface area contributed by atoms with Crippen LogP contribution >= 0.6 is 11.8 Å². The molecule has 0 aliphatic carbocycles. The minimum absolute atomic E-state index is 0.337. The van der Waals surface area contributed by atoms with Gasteiger partial charge in [0.05, 0.1) is 11.1 Å². The Labute approximate surface area is 149 Å². The Hall–Kier alpha value is -2.88. The molecule has 132 valence electrons. The van der Waals surface area contributed by atoms with Crippen molar-refractivity contribution in [1.29, 1.82) is 0 Å². The van der Waals surface area contributed by atoms with Crippen molar-refractivity contribution in [2.45, 2.75) is 17.2 Å². The van der Waals surface area contributed by atoms with Gasteiger partial charge in [-0.2, -0.15) is 13.2 Å². The summed E-state index contributed by atoms with van der Waals surface area (Å²) in [4.78, 5) is 0. The normalized spacial score (nSPS) is 12.0. The minimum atomic E-state index is -4.33. The minimum Gasteiger partial charge on any atom is -0.411 e. The number of aromatic nitrogens is 5. The van der Waals surface area contributed by atoms with E-state index in [1.165, 1.54) is 23.9 Å². The van der Waals surface area contributed by atoms with Crippen LogP contribution in [0.25, 0.3) is 17.1 Å². The second-order valence-corrected chi connectivity index (χ2v) is 6.30. The second kappa shape index (κ2) is 6.45. The average molecular weight is 377 g/mol. The van der Waals surface area contributed by atoms with Crippen LogP contribution in [0.3, 0.4) is 0 Å². The molecule has 4 rings (SSSR count). The highest BCUT2D eigenvalue weighted by Crippen LogP contribution is 2.30. The van der Waals surface area contributed by atoms with E-state index >= 15 is 0 Å². The van der Waals surface area contributed by atoms with Crippen LogP contribution in [0.4, 0.5) is 13.2 Å². The van der Waals surface area contributed by atoms with Gasteiger partial charge in [-0.15, -0.1) is 20.4 Å². The molecule has 3 aromatic heterocycles. The Morgan fingerprint density at radius 2 is 1.81 bits per heavy atom. The summed E-state index contributed by atoms with van der Waals surface area (Å²) in [6.07, 6.45) is -0.998. The number of pyridine rings is 1. The first-order valence-corrected chi connectivity index (χ1v) is 8.40. The van der Waals surface area contributed by atoms with E-state index in [2.05, 4.69) is 20.4 Å². The Kier molecular flexibility index (Phi) is 4.11. The first-order chi connectivity index (χ1) is 12.5. The van der Waals surface area contributed by atoms with Gasteiger partial charge in [-0.1, -0.05) is 23.9 Å². The molecule has 1 aromatic carbocycles. The summed E-state index contributed by atoms with van der Waals surface area (Å²) in [6.45, 7) is 0. The number of nitrogens with zero attached hydrogens (tertiary/aromatic N) is 5. The van der Waals surface area contributed by atoms with Crippen molar-refractivity contribution in [3.63, 3.8) is 0 Å². The van der Waals surface area contributed by atoms with Gasteiger partial charge in [0, 0.05) is 11.9 Å². The maximum absolute atomic E-state index is 12.6. The van der Waals surface area contributed by atoms with Gasteiger partial charge in [-0.25, -0.2) is 0 Å². The Balaban J connectivity index is 1.45. The Bertz CT molecular complexity index is 1040. The van der Waals surface area contributed by atoms with Crippen LogP contribution in [0, 0.1) is 0 Å². The van der Waals surface area contributed by atoms with Crippen LogP contribution < -0.4 is 0 Å². The van der Waals surface area contributed by atoms with Crippen LogP contribution in [0.15, 0.2) is 58.6 Å². The van der Waals surface area contributed by atoms with Gasteiger partial charge < -0.3 is 4.42 Å². The number of hydrogen-bond donors (Lipinski definition) is 0. The highest BCUT2D eigenvalue weighted by Gasteiger charge is 2.29. The lowest BCUT2D eigenvalue weighted by molar-refractivity contribution is -0.137. The number of benzene rings is 1. The summed E-state index contributed by atoms with van der Waals surface area (Å²) in [5, 5.41) is 16.0. The zero-order chi connectivity index (χ0) is 18.1. The second-order valence-electron chi connectivity index (χ2n) is 5.37. The standard InChI is InChI=1S/C16H10F3N5OS/c17-16(18,19)12-4-1-10(2-5-12)8-26-15-23-22-14(25-15)11-3-6-13-21-20-9-24(13)7-11/h1-7,9H,8H2. The third kappa shape index (κ3) is 3.40. The van der Waals surface area contributed by atoms with Gasteiger partial charge in [-0.3, -0.25) is 4.40 Å². The first-order valence-electron chi connectivity index (χ1n) is 7.41. The van der Waals surface area contributed by atoms with Crippen molar-refractivity contribution in [1.82, 2.24) is 24.8 Å². The molecule has 0 spiro atoms. The van der Waals surface area contributed by atoms with Crippen molar-refractivity contribution in [3.05, 3.63) is 60.0 Å². The van der Waals surface area contributed by atoms with Gasteiger partial charge in [0.15, 0.2) is 5.65 Å². The molecule has 4 aromatic rings. The van der Waals surface area contributed by atoms with Gasteiger partial charge in [-0.05, 0) is 29.8 Å². The van der Waals surface area contributed by atoms with E-state index in [1.54, 1.807) is 29.1 Å². The molecule has 0 N–H and O–H groups in total.